The van der Waals surface area contributed by atoms with Crippen molar-refractivity contribution in [1.29, 1.82) is 0 Å². The van der Waals surface area contributed by atoms with Crippen molar-refractivity contribution in [2.45, 2.75) is 13.0 Å². The van der Waals surface area contributed by atoms with Crippen LogP contribution in [0.2, 0.25) is 0 Å². The summed E-state index contributed by atoms with van der Waals surface area (Å²) >= 11 is 3.53. The van der Waals surface area contributed by atoms with Crippen molar-refractivity contribution in [3.8, 4) is 0 Å². The average molecular weight is 242 g/mol. The molecule has 0 saturated heterocycles. The summed E-state index contributed by atoms with van der Waals surface area (Å²) in [4.78, 5) is 2.39. The topological polar surface area (TPSA) is 31.9 Å². The van der Waals surface area contributed by atoms with Crippen molar-refractivity contribution in [3.05, 3.63) is 28.5 Å². The molecule has 0 saturated carbocycles. The van der Waals surface area contributed by atoms with E-state index in [9.17, 15) is 0 Å². The molecule has 0 spiro atoms. The number of rotatable bonds is 2. The van der Waals surface area contributed by atoms with Crippen molar-refractivity contribution in [3.63, 3.8) is 0 Å². The van der Waals surface area contributed by atoms with Crippen LogP contribution in [0.3, 0.4) is 0 Å². The van der Waals surface area contributed by atoms with Crippen molar-refractivity contribution in [2.75, 3.05) is 13.1 Å². The molecule has 0 atom stereocenters. The molecule has 3 nitrogen and oxygen atoms in total. The third kappa shape index (κ3) is 2.42. The van der Waals surface area contributed by atoms with Crippen molar-refractivity contribution in [2.24, 2.45) is 0 Å². The summed E-state index contributed by atoms with van der Waals surface area (Å²) in [6.07, 6.45) is 5.17. The molecule has 2 heterocycles. The molecule has 13 heavy (non-hydrogen) atoms. The first-order valence-corrected chi connectivity index (χ1v) is 5.19. The monoisotopic (exact) mass is 241 g/mol. The van der Waals surface area contributed by atoms with Gasteiger partial charge in [-0.15, -0.1) is 0 Å². The van der Waals surface area contributed by atoms with Gasteiger partial charge in [0.25, 0.3) is 0 Å². The van der Waals surface area contributed by atoms with Crippen LogP contribution in [-0.4, -0.2) is 28.2 Å². The van der Waals surface area contributed by atoms with Gasteiger partial charge in [0.05, 0.1) is 0 Å². The number of hydrogen-bond acceptors (Lipinski definition) is 2. The van der Waals surface area contributed by atoms with Gasteiger partial charge in [-0.3, -0.25) is 10.00 Å². The molecule has 1 aromatic rings. The lowest BCUT2D eigenvalue weighted by atomic mass is 10.2. The lowest BCUT2D eigenvalue weighted by Gasteiger charge is -2.24. The fraction of sp³-hybridized carbons (Fsp3) is 0.444. The molecule has 1 aliphatic rings. The van der Waals surface area contributed by atoms with Gasteiger partial charge >= 0.3 is 0 Å². The van der Waals surface area contributed by atoms with Crippen LogP contribution in [0.15, 0.2) is 22.8 Å². The summed E-state index contributed by atoms with van der Waals surface area (Å²) in [5, 5.41) is 6.90. The lowest BCUT2D eigenvalue weighted by Crippen LogP contribution is -2.28. The summed E-state index contributed by atoms with van der Waals surface area (Å²) < 4.78 is 1.29. The van der Waals surface area contributed by atoms with E-state index in [2.05, 4.69) is 37.1 Å². The number of halogens is 1. The standard InChI is InChI=1S/C9H12BrN3/c10-8-2-1-5-13(6-8)7-9-3-4-11-12-9/h2-4H,1,5-7H2,(H,11,12). The molecule has 70 valence electrons. The van der Waals surface area contributed by atoms with Gasteiger partial charge in [-0.2, -0.15) is 5.10 Å². The predicted molar refractivity (Wildman–Crippen MR) is 55.5 cm³/mol. The molecule has 1 aliphatic heterocycles. The van der Waals surface area contributed by atoms with Gasteiger partial charge in [-0.1, -0.05) is 22.0 Å². The molecule has 0 radical (unpaired) electrons. The minimum Gasteiger partial charge on any atom is -0.292 e. The molecular formula is C9H12BrN3. The molecule has 0 unspecified atom stereocenters. The zero-order chi connectivity index (χ0) is 9.10. The zero-order valence-electron chi connectivity index (χ0n) is 7.33. The quantitative estimate of drug-likeness (QED) is 0.858. The van der Waals surface area contributed by atoms with Crippen LogP contribution in [0.25, 0.3) is 0 Å². The Morgan fingerprint density at radius 3 is 3.23 bits per heavy atom. The van der Waals surface area contributed by atoms with Crippen LogP contribution in [-0.2, 0) is 6.54 Å². The number of nitrogens with one attached hydrogen (secondary N) is 1. The predicted octanol–water partition coefficient (Wildman–Crippen LogP) is 1.89. The molecule has 0 aromatic carbocycles. The molecular weight excluding hydrogens is 230 g/mol. The first-order valence-electron chi connectivity index (χ1n) is 4.40. The van der Waals surface area contributed by atoms with Crippen LogP contribution in [0.1, 0.15) is 12.1 Å². The summed E-state index contributed by atoms with van der Waals surface area (Å²) in [6, 6.07) is 2.02. The summed E-state index contributed by atoms with van der Waals surface area (Å²) in [5.74, 6) is 0. The van der Waals surface area contributed by atoms with Crippen molar-refractivity contribution >= 4 is 15.9 Å². The second-order valence-corrected chi connectivity index (χ2v) is 4.25. The Kier molecular flexibility index (Phi) is 2.80. The smallest absolute Gasteiger partial charge is 0.0492 e. The summed E-state index contributed by atoms with van der Waals surface area (Å²) in [7, 11) is 0. The number of hydrogen-bond donors (Lipinski definition) is 1. The summed E-state index contributed by atoms with van der Waals surface area (Å²) in [6.45, 7) is 3.11. The molecule has 2 rings (SSSR count). The average Bonchev–Trinajstić information content (AvgIpc) is 2.57. The minimum atomic E-state index is 0.961. The van der Waals surface area contributed by atoms with Crippen LogP contribution < -0.4 is 0 Å². The van der Waals surface area contributed by atoms with Crippen LogP contribution in [0, 0.1) is 0 Å². The van der Waals surface area contributed by atoms with E-state index in [1.807, 2.05) is 6.07 Å². The van der Waals surface area contributed by atoms with Gasteiger partial charge in [0, 0.05) is 36.0 Å². The number of aromatic nitrogens is 2. The molecule has 0 amide bonds. The maximum atomic E-state index is 3.93. The third-order valence-corrected chi connectivity index (χ3v) is 2.71. The highest BCUT2D eigenvalue weighted by molar-refractivity contribution is 9.11. The second-order valence-electron chi connectivity index (χ2n) is 3.23. The SMILES string of the molecule is BrC1=CCCN(Cc2ccn[nH]2)C1. The molecule has 4 heteroatoms. The largest absolute Gasteiger partial charge is 0.292 e. The van der Waals surface area contributed by atoms with E-state index in [4.69, 9.17) is 0 Å². The van der Waals surface area contributed by atoms with Crippen molar-refractivity contribution < 1.29 is 0 Å². The first kappa shape index (κ1) is 8.97. The van der Waals surface area contributed by atoms with Gasteiger partial charge in [-0.05, 0) is 12.5 Å². The second kappa shape index (κ2) is 4.07. The van der Waals surface area contributed by atoms with E-state index in [1.54, 1.807) is 6.20 Å². The Morgan fingerprint density at radius 2 is 2.54 bits per heavy atom. The molecule has 1 aromatic heterocycles. The van der Waals surface area contributed by atoms with Gasteiger partial charge in [0.15, 0.2) is 0 Å². The third-order valence-electron chi connectivity index (χ3n) is 2.14. The van der Waals surface area contributed by atoms with E-state index in [0.717, 1.165) is 26.1 Å². The summed E-state index contributed by atoms with van der Waals surface area (Å²) in [5.41, 5.74) is 1.18. The molecule has 0 bridgehead atoms. The first-order chi connectivity index (χ1) is 6.34. The number of nitrogens with zero attached hydrogens (tertiary/aromatic N) is 2. The van der Waals surface area contributed by atoms with E-state index < -0.39 is 0 Å². The van der Waals surface area contributed by atoms with E-state index in [0.29, 0.717) is 0 Å². The van der Waals surface area contributed by atoms with Gasteiger partial charge in [0.2, 0.25) is 0 Å². The Balaban J connectivity index is 1.93. The van der Waals surface area contributed by atoms with Gasteiger partial charge < -0.3 is 0 Å². The van der Waals surface area contributed by atoms with E-state index >= 15 is 0 Å². The van der Waals surface area contributed by atoms with E-state index in [1.165, 1.54) is 10.2 Å². The maximum Gasteiger partial charge on any atom is 0.0492 e. The fourth-order valence-electron chi connectivity index (χ4n) is 1.51. The van der Waals surface area contributed by atoms with Gasteiger partial charge in [0.1, 0.15) is 0 Å². The van der Waals surface area contributed by atoms with Crippen LogP contribution >= 0.6 is 15.9 Å². The lowest BCUT2D eigenvalue weighted by molar-refractivity contribution is 0.285. The Labute approximate surface area is 86.0 Å². The normalized spacial score (nSPS) is 18.7. The Bertz CT molecular complexity index is 292. The Morgan fingerprint density at radius 1 is 1.62 bits per heavy atom. The Hall–Kier alpha value is -0.610. The molecule has 0 fully saturated rings. The van der Waals surface area contributed by atoms with Gasteiger partial charge in [-0.25, -0.2) is 0 Å². The highest BCUT2D eigenvalue weighted by Gasteiger charge is 2.11. The maximum absolute atomic E-state index is 3.93. The van der Waals surface area contributed by atoms with E-state index in [-0.39, 0.29) is 0 Å². The zero-order valence-corrected chi connectivity index (χ0v) is 8.92. The fourth-order valence-corrected chi connectivity index (χ4v) is 2.09. The number of H-pyrrole nitrogens is 1. The minimum absolute atomic E-state index is 0.961. The van der Waals surface area contributed by atoms with Crippen molar-refractivity contribution in [1.82, 2.24) is 15.1 Å². The molecule has 1 N–H and O–H groups in total. The van der Waals surface area contributed by atoms with Crippen LogP contribution in [0.5, 0.6) is 0 Å². The highest BCUT2D eigenvalue weighted by Crippen LogP contribution is 2.16. The van der Waals surface area contributed by atoms with Crippen LogP contribution in [0.4, 0.5) is 0 Å². The molecule has 0 aliphatic carbocycles. The number of aromatic amines is 1. The highest BCUT2D eigenvalue weighted by atomic mass is 79.9.